The molecule has 2 rings (SSSR count). The average Bonchev–Trinajstić information content (AvgIpc) is 3.03. The van der Waals surface area contributed by atoms with Gasteiger partial charge in [-0.25, -0.2) is 0 Å². The summed E-state index contributed by atoms with van der Waals surface area (Å²) in [6, 6.07) is -0.532. The molecule has 0 aromatic carbocycles. The normalized spacial score (nSPS) is 30.9. The molecule has 4 nitrogen and oxygen atoms in total. The van der Waals surface area contributed by atoms with E-state index in [1.807, 2.05) is 20.8 Å². The predicted molar refractivity (Wildman–Crippen MR) is 60.7 cm³/mol. The van der Waals surface area contributed by atoms with Crippen LogP contribution in [0.25, 0.3) is 0 Å². The van der Waals surface area contributed by atoms with Crippen LogP contribution in [0.2, 0.25) is 0 Å². The number of rotatable bonds is 3. The minimum absolute atomic E-state index is 0.0216. The van der Waals surface area contributed by atoms with Gasteiger partial charge in [0.05, 0.1) is 0 Å². The predicted octanol–water partition coefficient (Wildman–Crippen LogP) is 0.768. The maximum absolute atomic E-state index is 12.2. The van der Waals surface area contributed by atoms with Crippen molar-refractivity contribution in [2.24, 2.45) is 11.8 Å². The molecule has 2 fully saturated rings. The van der Waals surface area contributed by atoms with Crippen LogP contribution in [-0.4, -0.2) is 35.3 Å². The van der Waals surface area contributed by atoms with Crippen molar-refractivity contribution >= 4 is 11.8 Å². The van der Waals surface area contributed by atoms with Gasteiger partial charge in [0.15, 0.2) is 0 Å². The van der Waals surface area contributed by atoms with Gasteiger partial charge >= 0.3 is 0 Å². The van der Waals surface area contributed by atoms with Crippen molar-refractivity contribution in [3.05, 3.63) is 0 Å². The van der Waals surface area contributed by atoms with Gasteiger partial charge in [0.2, 0.25) is 11.8 Å². The molecule has 1 saturated heterocycles. The van der Waals surface area contributed by atoms with Gasteiger partial charge in [-0.05, 0) is 31.6 Å². The largest absolute Gasteiger partial charge is 0.342 e. The number of carbonyl (C=O) groups excluding carboxylic acids is 2. The van der Waals surface area contributed by atoms with E-state index in [2.05, 4.69) is 5.32 Å². The Bertz CT molecular complexity index is 310. The zero-order valence-electron chi connectivity index (χ0n) is 10.2. The van der Waals surface area contributed by atoms with E-state index in [-0.39, 0.29) is 29.8 Å². The van der Waals surface area contributed by atoms with Gasteiger partial charge in [-0.3, -0.25) is 9.59 Å². The van der Waals surface area contributed by atoms with E-state index in [4.69, 9.17) is 0 Å². The number of nitrogens with zero attached hydrogens (tertiary/aromatic N) is 1. The second-order valence-electron chi connectivity index (χ2n) is 5.14. The van der Waals surface area contributed by atoms with Gasteiger partial charge in [0.1, 0.15) is 12.1 Å². The summed E-state index contributed by atoms with van der Waals surface area (Å²) in [5.74, 6) is 0.694. The molecule has 1 heterocycles. The molecule has 1 aliphatic carbocycles. The van der Waals surface area contributed by atoms with E-state index in [1.54, 1.807) is 4.90 Å². The first kappa shape index (κ1) is 11.4. The Balaban J connectivity index is 2.19. The Hall–Kier alpha value is -1.06. The molecule has 90 valence electrons. The first-order valence-electron chi connectivity index (χ1n) is 6.17. The maximum Gasteiger partial charge on any atom is 0.246 e. The number of hydrogen-bond donors (Lipinski definition) is 1. The third kappa shape index (κ3) is 1.81. The third-order valence-corrected chi connectivity index (χ3v) is 3.52. The van der Waals surface area contributed by atoms with Crippen LogP contribution in [0.5, 0.6) is 0 Å². The third-order valence-electron chi connectivity index (χ3n) is 3.52. The molecular weight excluding hydrogens is 204 g/mol. The summed E-state index contributed by atoms with van der Waals surface area (Å²) in [4.78, 5) is 25.9. The fourth-order valence-electron chi connectivity index (χ4n) is 2.52. The second-order valence-corrected chi connectivity index (χ2v) is 5.14. The molecule has 1 N–H and O–H groups in total. The molecule has 1 saturated carbocycles. The monoisotopic (exact) mass is 224 g/mol. The zero-order chi connectivity index (χ0) is 11.9. The summed E-state index contributed by atoms with van der Waals surface area (Å²) < 4.78 is 0. The van der Waals surface area contributed by atoms with Crippen molar-refractivity contribution in [1.82, 2.24) is 10.2 Å². The summed E-state index contributed by atoms with van der Waals surface area (Å²) >= 11 is 0. The highest BCUT2D eigenvalue weighted by molar-refractivity contribution is 5.97. The van der Waals surface area contributed by atoms with Gasteiger partial charge < -0.3 is 10.2 Å². The van der Waals surface area contributed by atoms with E-state index >= 15 is 0 Å². The van der Waals surface area contributed by atoms with Gasteiger partial charge in [0, 0.05) is 6.54 Å². The molecule has 4 heteroatoms. The van der Waals surface area contributed by atoms with Gasteiger partial charge in [-0.15, -0.1) is 0 Å². The van der Waals surface area contributed by atoms with E-state index in [0.717, 1.165) is 12.8 Å². The van der Waals surface area contributed by atoms with E-state index in [9.17, 15) is 9.59 Å². The molecule has 0 aromatic rings. The smallest absolute Gasteiger partial charge is 0.246 e. The molecule has 2 aliphatic rings. The lowest BCUT2D eigenvalue weighted by atomic mass is 9.95. The molecule has 0 radical (unpaired) electrons. The fourth-order valence-corrected chi connectivity index (χ4v) is 2.52. The van der Waals surface area contributed by atoms with Gasteiger partial charge in [-0.2, -0.15) is 0 Å². The maximum atomic E-state index is 12.2. The van der Waals surface area contributed by atoms with Crippen LogP contribution in [0.3, 0.4) is 0 Å². The molecule has 2 amide bonds. The standard InChI is InChI=1S/C12H20N2O2/c1-4-14-10(7(2)3)11(15)13-9(12(14)16)8-5-6-8/h7-10H,4-6H2,1-3H3,(H,13,15). The Kier molecular flexibility index (Phi) is 2.91. The second kappa shape index (κ2) is 4.07. The molecular formula is C12H20N2O2. The van der Waals surface area contributed by atoms with E-state index < -0.39 is 0 Å². The summed E-state index contributed by atoms with van der Waals surface area (Å²) in [7, 11) is 0. The van der Waals surface area contributed by atoms with Crippen molar-refractivity contribution in [2.75, 3.05) is 6.54 Å². The van der Waals surface area contributed by atoms with Crippen LogP contribution < -0.4 is 5.32 Å². The Labute approximate surface area is 96.4 Å². The number of hydrogen-bond acceptors (Lipinski definition) is 2. The molecule has 1 aliphatic heterocycles. The molecule has 2 atom stereocenters. The summed E-state index contributed by atoms with van der Waals surface area (Å²) in [6.07, 6.45) is 2.14. The van der Waals surface area contributed by atoms with Crippen LogP contribution in [0.15, 0.2) is 0 Å². The molecule has 0 aromatic heterocycles. The van der Waals surface area contributed by atoms with Crippen molar-refractivity contribution in [2.45, 2.75) is 45.7 Å². The molecule has 2 unspecified atom stereocenters. The number of piperazine rings is 1. The topological polar surface area (TPSA) is 49.4 Å². The van der Waals surface area contributed by atoms with Crippen LogP contribution in [0.1, 0.15) is 33.6 Å². The van der Waals surface area contributed by atoms with Gasteiger partial charge in [0.25, 0.3) is 0 Å². The highest BCUT2D eigenvalue weighted by Crippen LogP contribution is 2.35. The lowest BCUT2D eigenvalue weighted by Crippen LogP contribution is -2.65. The lowest BCUT2D eigenvalue weighted by molar-refractivity contribution is -0.151. The summed E-state index contributed by atoms with van der Waals surface area (Å²) in [5.41, 5.74) is 0. The van der Waals surface area contributed by atoms with Crippen LogP contribution in [0.4, 0.5) is 0 Å². The highest BCUT2D eigenvalue weighted by atomic mass is 16.2. The minimum atomic E-state index is -0.285. The Morgan fingerprint density at radius 2 is 2.00 bits per heavy atom. The highest BCUT2D eigenvalue weighted by Gasteiger charge is 2.46. The molecule has 16 heavy (non-hydrogen) atoms. The first-order chi connectivity index (χ1) is 7.56. The fraction of sp³-hybridized carbons (Fsp3) is 0.833. The zero-order valence-corrected chi connectivity index (χ0v) is 10.2. The van der Waals surface area contributed by atoms with Crippen molar-refractivity contribution < 1.29 is 9.59 Å². The van der Waals surface area contributed by atoms with E-state index in [1.165, 1.54) is 0 Å². The number of nitrogens with one attached hydrogen (secondary N) is 1. The Morgan fingerprint density at radius 1 is 1.38 bits per heavy atom. The number of amides is 2. The number of carbonyl (C=O) groups is 2. The number of likely N-dealkylation sites (N-methyl/N-ethyl adjacent to an activating group) is 1. The quantitative estimate of drug-likeness (QED) is 0.769. The SMILES string of the molecule is CCN1C(=O)C(C2CC2)NC(=O)C1C(C)C. The van der Waals surface area contributed by atoms with Crippen molar-refractivity contribution in [3.8, 4) is 0 Å². The molecule has 0 bridgehead atoms. The van der Waals surface area contributed by atoms with E-state index in [0.29, 0.717) is 12.5 Å². The summed E-state index contributed by atoms with van der Waals surface area (Å²) in [6.45, 7) is 6.53. The van der Waals surface area contributed by atoms with Gasteiger partial charge in [-0.1, -0.05) is 13.8 Å². The van der Waals surface area contributed by atoms with Crippen molar-refractivity contribution in [1.29, 1.82) is 0 Å². The van der Waals surface area contributed by atoms with Crippen LogP contribution in [-0.2, 0) is 9.59 Å². The van der Waals surface area contributed by atoms with Crippen LogP contribution in [0, 0.1) is 11.8 Å². The first-order valence-corrected chi connectivity index (χ1v) is 6.17. The van der Waals surface area contributed by atoms with Crippen molar-refractivity contribution in [3.63, 3.8) is 0 Å². The van der Waals surface area contributed by atoms with Crippen LogP contribution >= 0.6 is 0 Å². The molecule has 0 spiro atoms. The Morgan fingerprint density at radius 3 is 2.44 bits per heavy atom. The lowest BCUT2D eigenvalue weighted by Gasteiger charge is -2.40. The average molecular weight is 224 g/mol. The summed E-state index contributed by atoms with van der Waals surface area (Å²) in [5, 5.41) is 2.89. The minimum Gasteiger partial charge on any atom is -0.342 e.